The van der Waals surface area contributed by atoms with Crippen molar-refractivity contribution in [2.24, 2.45) is 0 Å². The zero-order valence-electron chi connectivity index (χ0n) is 11.3. The largest absolute Gasteiger partial charge is 0.416 e. The number of nitrogens with one attached hydrogen (secondary N) is 2. The molecule has 0 saturated heterocycles. The van der Waals surface area contributed by atoms with Crippen LogP contribution >= 0.6 is 0 Å². The Labute approximate surface area is 112 Å². The summed E-state index contributed by atoms with van der Waals surface area (Å²) in [7, 11) is 0. The van der Waals surface area contributed by atoms with E-state index in [2.05, 4.69) is 17.6 Å². The third kappa shape index (κ3) is 6.07. The van der Waals surface area contributed by atoms with Crippen LogP contribution in [0.15, 0.2) is 24.3 Å². The van der Waals surface area contributed by atoms with E-state index >= 15 is 0 Å². The molecule has 1 unspecified atom stereocenters. The summed E-state index contributed by atoms with van der Waals surface area (Å²) in [5.41, 5.74) is 0.0562. The van der Waals surface area contributed by atoms with Crippen LogP contribution in [-0.2, 0) is 12.7 Å². The summed E-state index contributed by atoms with van der Waals surface area (Å²) in [5.74, 6) is 0. The molecule has 108 valence electrons. The van der Waals surface area contributed by atoms with Crippen molar-refractivity contribution in [2.75, 3.05) is 13.1 Å². The van der Waals surface area contributed by atoms with Crippen molar-refractivity contribution >= 4 is 0 Å². The summed E-state index contributed by atoms with van der Waals surface area (Å²) < 4.78 is 37.6. The molecule has 1 atom stereocenters. The summed E-state index contributed by atoms with van der Waals surface area (Å²) in [6, 6.07) is 5.66. The van der Waals surface area contributed by atoms with E-state index < -0.39 is 11.7 Å². The van der Waals surface area contributed by atoms with E-state index in [0.29, 0.717) is 12.1 Å². The van der Waals surface area contributed by atoms with Crippen LogP contribution in [0.2, 0.25) is 0 Å². The molecular weight excluding hydrogens is 253 g/mol. The maximum atomic E-state index is 12.5. The molecule has 0 bridgehead atoms. The molecule has 2 N–H and O–H groups in total. The number of hydrogen-bond acceptors (Lipinski definition) is 2. The van der Waals surface area contributed by atoms with E-state index in [-0.39, 0.29) is 6.04 Å². The van der Waals surface area contributed by atoms with Gasteiger partial charge < -0.3 is 10.6 Å². The SMILES string of the molecule is CCCNCC(C)NCc1cccc(C(F)(F)F)c1. The van der Waals surface area contributed by atoms with Crippen molar-refractivity contribution in [1.29, 1.82) is 0 Å². The molecule has 0 aromatic heterocycles. The quantitative estimate of drug-likeness (QED) is 0.746. The maximum Gasteiger partial charge on any atom is 0.416 e. The Morgan fingerprint density at radius 2 is 2.00 bits per heavy atom. The van der Waals surface area contributed by atoms with Crippen molar-refractivity contribution in [3.05, 3.63) is 35.4 Å². The topological polar surface area (TPSA) is 24.1 Å². The van der Waals surface area contributed by atoms with Crippen LogP contribution in [0.25, 0.3) is 0 Å². The van der Waals surface area contributed by atoms with Gasteiger partial charge in [0.2, 0.25) is 0 Å². The molecule has 0 amide bonds. The minimum Gasteiger partial charge on any atom is -0.315 e. The van der Waals surface area contributed by atoms with Gasteiger partial charge >= 0.3 is 6.18 Å². The lowest BCUT2D eigenvalue weighted by atomic mass is 10.1. The molecule has 2 nitrogen and oxygen atoms in total. The van der Waals surface area contributed by atoms with Crippen molar-refractivity contribution in [1.82, 2.24) is 10.6 Å². The molecule has 0 fully saturated rings. The molecule has 1 rings (SSSR count). The summed E-state index contributed by atoms with van der Waals surface area (Å²) in [6.07, 6.45) is -3.20. The third-order valence-corrected chi connectivity index (χ3v) is 2.79. The second-order valence-electron chi connectivity index (χ2n) is 4.68. The first-order valence-electron chi connectivity index (χ1n) is 6.53. The normalized spacial score (nSPS) is 13.5. The summed E-state index contributed by atoms with van der Waals surface area (Å²) >= 11 is 0. The Hall–Kier alpha value is -1.07. The highest BCUT2D eigenvalue weighted by Gasteiger charge is 2.30. The third-order valence-electron chi connectivity index (χ3n) is 2.79. The van der Waals surface area contributed by atoms with Crippen LogP contribution < -0.4 is 10.6 Å². The van der Waals surface area contributed by atoms with Crippen molar-refractivity contribution in [2.45, 2.75) is 39.0 Å². The van der Waals surface area contributed by atoms with Gasteiger partial charge in [0.1, 0.15) is 0 Å². The van der Waals surface area contributed by atoms with E-state index in [0.717, 1.165) is 25.6 Å². The monoisotopic (exact) mass is 274 g/mol. The Morgan fingerprint density at radius 3 is 2.63 bits per heavy atom. The lowest BCUT2D eigenvalue weighted by Crippen LogP contribution is -2.36. The number of rotatable bonds is 7. The molecule has 0 spiro atoms. The number of hydrogen-bond donors (Lipinski definition) is 2. The fourth-order valence-electron chi connectivity index (χ4n) is 1.72. The van der Waals surface area contributed by atoms with E-state index in [1.165, 1.54) is 12.1 Å². The first-order valence-corrected chi connectivity index (χ1v) is 6.53. The van der Waals surface area contributed by atoms with E-state index in [1.54, 1.807) is 6.07 Å². The van der Waals surface area contributed by atoms with Gasteiger partial charge in [0, 0.05) is 19.1 Å². The minimum atomic E-state index is -4.27. The molecule has 0 heterocycles. The van der Waals surface area contributed by atoms with Gasteiger partial charge in [-0.15, -0.1) is 0 Å². The molecule has 5 heteroatoms. The highest BCUT2D eigenvalue weighted by Crippen LogP contribution is 2.29. The zero-order chi connectivity index (χ0) is 14.3. The summed E-state index contributed by atoms with van der Waals surface area (Å²) in [6.45, 7) is 6.31. The van der Waals surface area contributed by atoms with Crippen molar-refractivity contribution < 1.29 is 13.2 Å². The van der Waals surface area contributed by atoms with Gasteiger partial charge in [0.15, 0.2) is 0 Å². The average Bonchev–Trinajstić information content (AvgIpc) is 2.36. The molecular formula is C14H21F3N2. The Bertz CT molecular complexity index is 377. The first-order chi connectivity index (χ1) is 8.93. The van der Waals surface area contributed by atoms with Crippen molar-refractivity contribution in [3.8, 4) is 0 Å². The Kier molecular flexibility index (Phi) is 6.31. The average molecular weight is 274 g/mol. The molecule has 1 aromatic rings. The van der Waals surface area contributed by atoms with Gasteiger partial charge in [-0.05, 0) is 31.5 Å². The Morgan fingerprint density at radius 1 is 1.26 bits per heavy atom. The second-order valence-corrected chi connectivity index (χ2v) is 4.68. The smallest absolute Gasteiger partial charge is 0.315 e. The fraction of sp³-hybridized carbons (Fsp3) is 0.571. The Balaban J connectivity index is 2.45. The predicted octanol–water partition coefficient (Wildman–Crippen LogP) is 3.18. The summed E-state index contributed by atoms with van der Waals surface area (Å²) in [4.78, 5) is 0. The van der Waals surface area contributed by atoms with Crippen molar-refractivity contribution in [3.63, 3.8) is 0 Å². The fourth-order valence-corrected chi connectivity index (χ4v) is 1.72. The van der Waals surface area contributed by atoms with E-state index in [9.17, 15) is 13.2 Å². The molecule has 0 aliphatic rings. The molecule has 0 aliphatic carbocycles. The van der Waals surface area contributed by atoms with Crippen LogP contribution in [0.5, 0.6) is 0 Å². The molecule has 19 heavy (non-hydrogen) atoms. The predicted molar refractivity (Wildman–Crippen MR) is 70.9 cm³/mol. The van der Waals surface area contributed by atoms with Gasteiger partial charge in [-0.3, -0.25) is 0 Å². The number of benzene rings is 1. The van der Waals surface area contributed by atoms with E-state index in [1.807, 2.05) is 6.92 Å². The highest BCUT2D eigenvalue weighted by atomic mass is 19.4. The molecule has 0 saturated carbocycles. The minimum absolute atomic E-state index is 0.223. The second kappa shape index (κ2) is 7.50. The van der Waals surface area contributed by atoms with Gasteiger partial charge in [0.25, 0.3) is 0 Å². The van der Waals surface area contributed by atoms with E-state index in [4.69, 9.17) is 0 Å². The van der Waals surface area contributed by atoms with Crippen LogP contribution in [-0.4, -0.2) is 19.1 Å². The molecule has 0 radical (unpaired) electrons. The standard InChI is InChI=1S/C14H21F3N2/c1-3-7-18-9-11(2)19-10-12-5-4-6-13(8-12)14(15,16)17/h4-6,8,11,18-19H,3,7,9-10H2,1-2H3. The zero-order valence-corrected chi connectivity index (χ0v) is 11.3. The number of halogens is 3. The van der Waals surface area contributed by atoms with Crippen LogP contribution in [0.1, 0.15) is 31.4 Å². The lowest BCUT2D eigenvalue weighted by Gasteiger charge is -2.15. The van der Waals surface area contributed by atoms with Gasteiger partial charge in [-0.2, -0.15) is 13.2 Å². The maximum absolute atomic E-state index is 12.5. The lowest BCUT2D eigenvalue weighted by molar-refractivity contribution is -0.137. The van der Waals surface area contributed by atoms with Gasteiger partial charge in [-0.25, -0.2) is 0 Å². The highest BCUT2D eigenvalue weighted by molar-refractivity contribution is 5.25. The summed E-state index contributed by atoms with van der Waals surface area (Å²) in [5, 5.41) is 6.47. The molecule has 1 aromatic carbocycles. The first kappa shape index (κ1) is 16.0. The van der Waals surface area contributed by atoms with Crippen LogP contribution in [0.4, 0.5) is 13.2 Å². The number of alkyl halides is 3. The molecule has 0 aliphatic heterocycles. The van der Waals surface area contributed by atoms with Gasteiger partial charge in [0.05, 0.1) is 5.56 Å². The van der Waals surface area contributed by atoms with Gasteiger partial charge in [-0.1, -0.05) is 25.1 Å². The van der Waals surface area contributed by atoms with Crippen LogP contribution in [0.3, 0.4) is 0 Å². The van der Waals surface area contributed by atoms with Crippen LogP contribution in [0, 0.1) is 0 Å².